The van der Waals surface area contributed by atoms with Crippen LogP contribution in [0, 0.1) is 0 Å². The number of nitrogens with two attached hydrogens (primary N) is 1. The minimum absolute atomic E-state index is 0.504. The fourth-order valence-electron chi connectivity index (χ4n) is 0.996. The second-order valence-corrected chi connectivity index (χ2v) is 2.94. The molecule has 0 aliphatic rings. The fourth-order valence-corrected chi connectivity index (χ4v) is 0.996. The van der Waals surface area contributed by atoms with Gasteiger partial charge >= 0.3 is 0 Å². The molecular formula is C8H14N4. The van der Waals surface area contributed by atoms with E-state index in [1.807, 2.05) is 14.1 Å². The highest BCUT2D eigenvalue weighted by molar-refractivity contribution is 5.15. The summed E-state index contributed by atoms with van der Waals surface area (Å²) in [5.41, 5.74) is 7.56. The Balaban J connectivity index is 2.82. The number of nitrogens with zero attached hydrogens (tertiary/aromatic N) is 3. The topological polar surface area (TPSA) is 55.0 Å². The van der Waals surface area contributed by atoms with Crippen molar-refractivity contribution in [3.05, 3.63) is 23.8 Å². The first-order valence-corrected chi connectivity index (χ1v) is 3.86. The lowest BCUT2D eigenvalue weighted by atomic mass is 10.2. The molecular weight excluding hydrogens is 152 g/mol. The van der Waals surface area contributed by atoms with E-state index in [0.29, 0.717) is 6.54 Å². The SMILES string of the molecule is CN(C)Cc1ncncc1CN. The van der Waals surface area contributed by atoms with Gasteiger partial charge in [-0.05, 0) is 14.1 Å². The molecule has 0 amide bonds. The largest absolute Gasteiger partial charge is 0.326 e. The average Bonchev–Trinajstić information content (AvgIpc) is 2.04. The van der Waals surface area contributed by atoms with E-state index in [4.69, 9.17) is 5.73 Å². The van der Waals surface area contributed by atoms with E-state index in [1.54, 1.807) is 12.5 Å². The van der Waals surface area contributed by atoms with Gasteiger partial charge in [0.15, 0.2) is 0 Å². The fraction of sp³-hybridized carbons (Fsp3) is 0.500. The monoisotopic (exact) mass is 166 g/mol. The smallest absolute Gasteiger partial charge is 0.115 e. The first-order chi connectivity index (χ1) is 5.74. The average molecular weight is 166 g/mol. The predicted octanol–water partition coefficient (Wildman–Crippen LogP) is -0.00310. The molecule has 0 bridgehead atoms. The zero-order valence-corrected chi connectivity index (χ0v) is 7.49. The Morgan fingerprint density at radius 2 is 2.25 bits per heavy atom. The van der Waals surface area contributed by atoms with Crippen molar-refractivity contribution in [3.63, 3.8) is 0 Å². The Labute approximate surface area is 72.4 Å². The summed E-state index contributed by atoms with van der Waals surface area (Å²) < 4.78 is 0. The molecule has 0 aromatic carbocycles. The highest BCUT2D eigenvalue weighted by Gasteiger charge is 2.02. The van der Waals surface area contributed by atoms with Crippen LogP contribution in [0.2, 0.25) is 0 Å². The third-order valence-corrected chi connectivity index (χ3v) is 1.57. The van der Waals surface area contributed by atoms with Crippen LogP contribution in [0.15, 0.2) is 12.5 Å². The second-order valence-electron chi connectivity index (χ2n) is 2.94. The molecule has 4 heteroatoms. The molecule has 1 rings (SSSR count). The van der Waals surface area contributed by atoms with Crippen molar-refractivity contribution in [1.82, 2.24) is 14.9 Å². The van der Waals surface area contributed by atoms with E-state index in [1.165, 1.54) is 0 Å². The van der Waals surface area contributed by atoms with Gasteiger partial charge in [-0.3, -0.25) is 0 Å². The van der Waals surface area contributed by atoms with Crippen molar-refractivity contribution in [3.8, 4) is 0 Å². The number of hydrogen-bond donors (Lipinski definition) is 1. The molecule has 2 N–H and O–H groups in total. The van der Waals surface area contributed by atoms with Crippen molar-refractivity contribution >= 4 is 0 Å². The van der Waals surface area contributed by atoms with Crippen LogP contribution in [0.1, 0.15) is 11.3 Å². The zero-order chi connectivity index (χ0) is 8.97. The molecule has 0 saturated heterocycles. The van der Waals surface area contributed by atoms with E-state index in [2.05, 4.69) is 14.9 Å². The Bertz CT molecular complexity index is 247. The molecule has 1 heterocycles. The molecule has 1 aromatic heterocycles. The Hall–Kier alpha value is -1.00. The van der Waals surface area contributed by atoms with Crippen molar-refractivity contribution in [2.45, 2.75) is 13.1 Å². The lowest BCUT2D eigenvalue weighted by Gasteiger charge is -2.10. The lowest BCUT2D eigenvalue weighted by Crippen LogP contribution is -2.15. The summed E-state index contributed by atoms with van der Waals surface area (Å²) >= 11 is 0. The van der Waals surface area contributed by atoms with E-state index in [-0.39, 0.29) is 0 Å². The van der Waals surface area contributed by atoms with Crippen LogP contribution in [0.3, 0.4) is 0 Å². The highest BCUT2D eigenvalue weighted by atomic mass is 15.1. The van der Waals surface area contributed by atoms with Crippen LogP contribution < -0.4 is 5.73 Å². The Morgan fingerprint density at radius 3 is 2.83 bits per heavy atom. The highest BCUT2D eigenvalue weighted by Crippen LogP contribution is 2.03. The van der Waals surface area contributed by atoms with Gasteiger partial charge < -0.3 is 10.6 Å². The van der Waals surface area contributed by atoms with Gasteiger partial charge in [-0.2, -0.15) is 0 Å². The number of rotatable bonds is 3. The van der Waals surface area contributed by atoms with Crippen LogP contribution in [-0.4, -0.2) is 29.0 Å². The third-order valence-electron chi connectivity index (χ3n) is 1.57. The summed E-state index contributed by atoms with van der Waals surface area (Å²) in [4.78, 5) is 10.1. The minimum atomic E-state index is 0.504. The molecule has 4 nitrogen and oxygen atoms in total. The molecule has 0 unspecified atom stereocenters. The van der Waals surface area contributed by atoms with Crippen LogP contribution in [-0.2, 0) is 13.1 Å². The summed E-state index contributed by atoms with van der Waals surface area (Å²) in [5, 5.41) is 0. The van der Waals surface area contributed by atoms with Gasteiger partial charge in [0.2, 0.25) is 0 Å². The molecule has 0 aliphatic heterocycles. The van der Waals surface area contributed by atoms with Crippen molar-refractivity contribution < 1.29 is 0 Å². The van der Waals surface area contributed by atoms with Crippen LogP contribution in [0.5, 0.6) is 0 Å². The van der Waals surface area contributed by atoms with E-state index in [0.717, 1.165) is 17.8 Å². The van der Waals surface area contributed by atoms with Gasteiger partial charge in [0.05, 0.1) is 5.69 Å². The maximum Gasteiger partial charge on any atom is 0.115 e. The van der Waals surface area contributed by atoms with E-state index in [9.17, 15) is 0 Å². The summed E-state index contributed by atoms with van der Waals surface area (Å²) in [5.74, 6) is 0. The molecule has 0 fully saturated rings. The Morgan fingerprint density at radius 1 is 1.50 bits per heavy atom. The summed E-state index contributed by atoms with van der Waals surface area (Å²) in [6, 6.07) is 0. The van der Waals surface area contributed by atoms with Gasteiger partial charge in [-0.25, -0.2) is 9.97 Å². The normalized spacial score (nSPS) is 10.7. The van der Waals surface area contributed by atoms with E-state index >= 15 is 0 Å². The molecule has 12 heavy (non-hydrogen) atoms. The second kappa shape index (κ2) is 4.13. The van der Waals surface area contributed by atoms with Crippen LogP contribution in [0.4, 0.5) is 0 Å². The summed E-state index contributed by atoms with van der Waals surface area (Å²) in [6.07, 6.45) is 3.32. The zero-order valence-electron chi connectivity index (χ0n) is 7.49. The van der Waals surface area contributed by atoms with Crippen molar-refractivity contribution in [1.29, 1.82) is 0 Å². The molecule has 0 aliphatic carbocycles. The van der Waals surface area contributed by atoms with Crippen molar-refractivity contribution in [2.75, 3.05) is 14.1 Å². The standard InChI is InChI=1S/C8H14N4/c1-12(2)5-8-7(3-9)4-10-6-11-8/h4,6H,3,5,9H2,1-2H3. The molecule has 0 radical (unpaired) electrons. The van der Waals surface area contributed by atoms with Gasteiger partial charge in [0.25, 0.3) is 0 Å². The van der Waals surface area contributed by atoms with Gasteiger partial charge in [0.1, 0.15) is 6.33 Å². The van der Waals surface area contributed by atoms with E-state index < -0.39 is 0 Å². The van der Waals surface area contributed by atoms with Gasteiger partial charge in [0, 0.05) is 24.8 Å². The molecule has 66 valence electrons. The molecule has 0 saturated carbocycles. The third kappa shape index (κ3) is 2.25. The van der Waals surface area contributed by atoms with Gasteiger partial charge in [-0.1, -0.05) is 0 Å². The van der Waals surface area contributed by atoms with Crippen LogP contribution in [0.25, 0.3) is 0 Å². The summed E-state index contributed by atoms with van der Waals surface area (Å²) in [6.45, 7) is 1.32. The van der Waals surface area contributed by atoms with Gasteiger partial charge in [-0.15, -0.1) is 0 Å². The number of hydrogen-bond acceptors (Lipinski definition) is 4. The summed E-state index contributed by atoms with van der Waals surface area (Å²) in [7, 11) is 4.00. The first kappa shape index (κ1) is 9.09. The van der Waals surface area contributed by atoms with Crippen molar-refractivity contribution in [2.24, 2.45) is 5.73 Å². The maximum absolute atomic E-state index is 5.53. The molecule has 0 atom stereocenters. The lowest BCUT2D eigenvalue weighted by molar-refractivity contribution is 0.394. The maximum atomic E-state index is 5.53. The number of aromatic nitrogens is 2. The molecule has 0 spiro atoms. The van der Waals surface area contributed by atoms with Crippen LogP contribution >= 0.6 is 0 Å². The first-order valence-electron chi connectivity index (χ1n) is 3.86. The minimum Gasteiger partial charge on any atom is -0.326 e. The quantitative estimate of drug-likeness (QED) is 0.686. The Kier molecular flexibility index (Phi) is 3.13. The molecule has 1 aromatic rings. The predicted molar refractivity (Wildman–Crippen MR) is 47.3 cm³/mol.